The Balaban J connectivity index is 2.10. The van der Waals surface area contributed by atoms with Gasteiger partial charge in [-0.05, 0) is 24.3 Å². The van der Waals surface area contributed by atoms with Crippen LogP contribution in [0.5, 0.6) is 0 Å². The Morgan fingerprint density at radius 3 is 2.94 bits per heavy atom. The first kappa shape index (κ1) is 10.8. The van der Waals surface area contributed by atoms with Gasteiger partial charge in [0.15, 0.2) is 0 Å². The maximum Gasteiger partial charge on any atom is 0.0992 e. The van der Waals surface area contributed by atoms with Crippen molar-refractivity contribution in [1.29, 1.82) is 5.26 Å². The molecule has 0 radical (unpaired) electrons. The van der Waals surface area contributed by atoms with Gasteiger partial charge >= 0.3 is 0 Å². The van der Waals surface area contributed by atoms with Crippen molar-refractivity contribution in [2.24, 2.45) is 0 Å². The minimum absolute atomic E-state index is 0.629. The molecule has 1 N–H and O–H groups in total. The average molecular weight is 277 g/mol. The minimum Gasteiger partial charge on any atom is -0.472 e. The molecule has 0 aliphatic rings. The van der Waals surface area contributed by atoms with Crippen molar-refractivity contribution in [2.45, 2.75) is 6.54 Å². The van der Waals surface area contributed by atoms with Crippen molar-refractivity contribution in [1.82, 2.24) is 0 Å². The van der Waals surface area contributed by atoms with E-state index < -0.39 is 0 Å². The Labute approximate surface area is 102 Å². The molecule has 0 aliphatic carbocycles. The normalized spacial score (nSPS) is 9.75. The SMILES string of the molecule is N#Cc1cc(Br)cc(NCc2ccoc2)c1. The molecule has 0 saturated heterocycles. The van der Waals surface area contributed by atoms with Gasteiger partial charge in [0.2, 0.25) is 0 Å². The largest absolute Gasteiger partial charge is 0.472 e. The van der Waals surface area contributed by atoms with E-state index in [1.807, 2.05) is 18.2 Å². The van der Waals surface area contributed by atoms with Gasteiger partial charge in [0.1, 0.15) is 0 Å². The summed E-state index contributed by atoms with van der Waals surface area (Å²) in [5, 5.41) is 12.0. The molecular formula is C12H9BrN2O. The van der Waals surface area contributed by atoms with Crippen LogP contribution in [-0.2, 0) is 6.54 Å². The van der Waals surface area contributed by atoms with Crippen LogP contribution in [0, 0.1) is 11.3 Å². The van der Waals surface area contributed by atoms with Gasteiger partial charge in [-0.3, -0.25) is 0 Å². The highest BCUT2D eigenvalue weighted by Gasteiger charge is 1.99. The molecule has 0 aliphatic heterocycles. The summed E-state index contributed by atoms with van der Waals surface area (Å²) in [4.78, 5) is 0. The van der Waals surface area contributed by atoms with Crippen molar-refractivity contribution in [3.05, 3.63) is 52.4 Å². The molecule has 1 aromatic carbocycles. The van der Waals surface area contributed by atoms with Gasteiger partial charge in [-0.15, -0.1) is 0 Å². The van der Waals surface area contributed by atoms with Gasteiger partial charge < -0.3 is 9.73 Å². The lowest BCUT2D eigenvalue weighted by Gasteiger charge is -2.05. The molecule has 0 atom stereocenters. The number of anilines is 1. The van der Waals surface area contributed by atoms with Crippen LogP contribution in [0.25, 0.3) is 0 Å². The average Bonchev–Trinajstić information content (AvgIpc) is 2.78. The fourth-order valence-corrected chi connectivity index (χ4v) is 1.85. The molecule has 3 nitrogen and oxygen atoms in total. The van der Waals surface area contributed by atoms with Gasteiger partial charge in [0.05, 0.1) is 24.2 Å². The molecule has 80 valence electrons. The van der Waals surface area contributed by atoms with Gasteiger partial charge in [-0.2, -0.15) is 5.26 Å². The first-order chi connectivity index (χ1) is 7.78. The summed E-state index contributed by atoms with van der Waals surface area (Å²) < 4.78 is 5.86. The number of nitrogens with one attached hydrogen (secondary N) is 1. The molecule has 0 amide bonds. The van der Waals surface area contributed by atoms with E-state index in [9.17, 15) is 0 Å². The highest BCUT2D eigenvalue weighted by atomic mass is 79.9. The predicted molar refractivity (Wildman–Crippen MR) is 64.9 cm³/mol. The number of benzene rings is 1. The molecule has 16 heavy (non-hydrogen) atoms. The Kier molecular flexibility index (Phi) is 3.28. The van der Waals surface area contributed by atoms with E-state index >= 15 is 0 Å². The van der Waals surface area contributed by atoms with Crippen LogP contribution in [0.2, 0.25) is 0 Å². The highest BCUT2D eigenvalue weighted by molar-refractivity contribution is 9.10. The summed E-state index contributed by atoms with van der Waals surface area (Å²) in [7, 11) is 0. The Hall–Kier alpha value is -1.73. The summed E-state index contributed by atoms with van der Waals surface area (Å²) in [5.41, 5.74) is 2.61. The zero-order valence-corrected chi connectivity index (χ0v) is 9.99. The lowest BCUT2D eigenvalue weighted by atomic mass is 10.2. The third kappa shape index (κ3) is 2.65. The number of hydrogen-bond acceptors (Lipinski definition) is 3. The molecule has 4 heteroatoms. The van der Waals surface area contributed by atoms with Crippen molar-refractivity contribution in [3.8, 4) is 6.07 Å². The molecule has 0 spiro atoms. The van der Waals surface area contributed by atoms with E-state index in [-0.39, 0.29) is 0 Å². The molecule has 0 saturated carbocycles. The summed E-state index contributed by atoms with van der Waals surface area (Å²) in [6.07, 6.45) is 3.33. The first-order valence-corrected chi connectivity index (χ1v) is 5.53. The maximum absolute atomic E-state index is 8.83. The van der Waals surface area contributed by atoms with E-state index in [1.165, 1.54) is 0 Å². The molecule has 0 unspecified atom stereocenters. The highest BCUT2D eigenvalue weighted by Crippen LogP contribution is 2.19. The molecule has 1 aromatic heterocycles. The van der Waals surface area contributed by atoms with Gasteiger partial charge in [-0.1, -0.05) is 15.9 Å². The van der Waals surface area contributed by atoms with E-state index in [4.69, 9.17) is 9.68 Å². The monoisotopic (exact) mass is 276 g/mol. The van der Waals surface area contributed by atoms with Gasteiger partial charge in [0, 0.05) is 22.3 Å². The van der Waals surface area contributed by atoms with Crippen LogP contribution in [0.3, 0.4) is 0 Å². The van der Waals surface area contributed by atoms with E-state index in [0.717, 1.165) is 15.7 Å². The molecular weight excluding hydrogens is 268 g/mol. The van der Waals surface area contributed by atoms with Crippen LogP contribution >= 0.6 is 15.9 Å². The predicted octanol–water partition coefficient (Wildman–Crippen LogP) is 3.53. The topological polar surface area (TPSA) is 49.0 Å². The summed E-state index contributed by atoms with van der Waals surface area (Å²) in [6.45, 7) is 0.678. The van der Waals surface area contributed by atoms with Crippen molar-refractivity contribution in [2.75, 3.05) is 5.32 Å². The Bertz CT molecular complexity index is 514. The number of furan rings is 1. The quantitative estimate of drug-likeness (QED) is 0.933. The number of nitriles is 1. The third-order valence-electron chi connectivity index (χ3n) is 2.10. The van der Waals surface area contributed by atoms with Crippen molar-refractivity contribution >= 4 is 21.6 Å². The molecule has 1 heterocycles. The molecule has 2 aromatic rings. The minimum atomic E-state index is 0.629. The fraction of sp³-hybridized carbons (Fsp3) is 0.0833. The zero-order chi connectivity index (χ0) is 11.4. The lowest BCUT2D eigenvalue weighted by molar-refractivity contribution is 0.564. The lowest BCUT2D eigenvalue weighted by Crippen LogP contribution is -1.98. The summed E-state index contributed by atoms with van der Waals surface area (Å²) >= 11 is 3.36. The molecule has 0 fully saturated rings. The number of nitrogens with zero attached hydrogens (tertiary/aromatic N) is 1. The van der Waals surface area contributed by atoms with Crippen molar-refractivity contribution in [3.63, 3.8) is 0 Å². The second kappa shape index (κ2) is 4.86. The number of hydrogen-bond donors (Lipinski definition) is 1. The van der Waals surface area contributed by atoms with E-state index in [0.29, 0.717) is 12.1 Å². The standard InChI is InChI=1S/C12H9BrN2O/c13-11-3-10(6-14)4-12(5-11)15-7-9-1-2-16-8-9/h1-5,8,15H,7H2. The smallest absolute Gasteiger partial charge is 0.0992 e. The number of halogens is 1. The van der Waals surface area contributed by atoms with Crippen molar-refractivity contribution < 1.29 is 4.42 Å². The van der Waals surface area contributed by atoms with Crippen LogP contribution in [0.4, 0.5) is 5.69 Å². The Morgan fingerprint density at radius 1 is 1.38 bits per heavy atom. The van der Waals surface area contributed by atoms with Crippen LogP contribution in [0.1, 0.15) is 11.1 Å². The van der Waals surface area contributed by atoms with Crippen LogP contribution in [0.15, 0.2) is 45.7 Å². The van der Waals surface area contributed by atoms with Gasteiger partial charge in [-0.25, -0.2) is 0 Å². The number of rotatable bonds is 3. The van der Waals surface area contributed by atoms with Crippen LogP contribution in [-0.4, -0.2) is 0 Å². The maximum atomic E-state index is 8.83. The summed E-state index contributed by atoms with van der Waals surface area (Å²) in [6, 6.07) is 9.53. The van der Waals surface area contributed by atoms with Gasteiger partial charge in [0.25, 0.3) is 0 Å². The zero-order valence-electron chi connectivity index (χ0n) is 8.40. The van der Waals surface area contributed by atoms with Crippen LogP contribution < -0.4 is 5.32 Å². The van der Waals surface area contributed by atoms with E-state index in [1.54, 1.807) is 18.6 Å². The second-order valence-electron chi connectivity index (χ2n) is 3.33. The second-order valence-corrected chi connectivity index (χ2v) is 4.24. The van der Waals surface area contributed by atoms with E-state index in [2.05, 4.69) is 27.3 Å². The Morgan fingerprint density at radius 2 is 2.25 bits per heavy atom. The summed E-state index contributed by atoms with van der Waals surface area (Å²) in [5.74, 6) is 0. The first-order valence-electron chi connectivity index (χ1n) is 4.73. The molecule has 2 rings (SSSR count). The fourth-order valence-electron chi connectivity index (χ4n) is 1.35. The third-order valence-corrected chi connectivity index (χ3v) is 2.56. The molecule has 0 bridgehead atoms.